The van der Waals surface area contributed by atoms with Gasteiger partial charge in [-0.1, -0.05) is 18.6 Å². The Balaban J connectivity index is 1.60. The molecule has 1 heterocycles. The molecule has 1 unspecified atom stereocenters. The molecule has 5 rings (SSSR count). The van der Waals surface area contributed by atoms with Gasteiger partial charge in [-0.15, -0.1) is 0 Å². The Hall–Kier alpha value is -1.45. The number of hydrogen-bond donors (Lipinski definition) is 2. The van der Waals surface area contributed by atoms with E-state index in [1.807, 2.05) is 0 Å². The molecule has 33 heavy (non-hydrogen) atoms. The van der Waals surface area contributed by atoms with Crippen molar-refractivity contribution in [2.24, 2.45) is 22.7 Å². The molecule has 9 atom stereocenters. The van der Waals surface area contributed by atoms with Gasteiger partial charge in [-0.25, -0.2) is 4.39 Å². The van der Waals surface area contributed by atoms with E-state index in [-0.39, 0.29) is 18.6 Å². The van der Waals surface area contributed by atoms with Crippen LogP contribution in [-0.2, 0) is 23.8 Å². The first-order valence-electron chi connectivity index (χ1n) is 13.0. The fourth-order valence-corrected chi connectivity index (χ4v) is 7.98. The van der Waals surface area contributed by atoms with E-state index in [1.54, 1.807) is 33.8 Å². The third-order valence-electron chi connectivity index (χ3n) is 9.34. The van der Waals surface area contributed by atoms with Crippen molar-refractivity contribution in [3.8, 4) is 0 Å². The summed E-state index contributed by atoms with van der Waals surface area (Å²) in [5, 5.41) is 22.1. The molecular formula is C25H33FO7. The van der Waals surface area contributed by atoms with Gasteiger partial charge in [0.2, 0.25) is 12.1 Å². The summed E-state index contributed by atoms with van der Waals surface area (Å²) in [6.07, 6.45) is 0.362. The number of carbonyl (C=O) groups is 2. The molecule has 0 aromatic carbocycles. The summed E-state index contributed by atoms with van der Waals surface area (Å²) in [5.74, 6) is -3.68. The number of ketones is 2. The number of fused-ring (bicyclic) bond motifs is 7. The SMILES string of the molecule is [2H]C([2H])([2H])OC(O)C(=O)[C@@]12OC(C)(C)O[C@@H]1C[C@H]1[C@@H]3CCC4=CC(=O)C=C[C@]4(C)[C@@]3(F)[C@@H](O)C[C@@]12C. The molecular weight excluding hydrogens is 431 g/mol. The molecule has 2 N–H and O–H groups in total. The summed E-state index contributed by atoms with van der Waals surface area (Å²) < 4.78 is 56.3. The molecule has 4 aliphatic carbocycles. The van der Waals surface area contributed by atoms with Gasteiger partial charge in [0.25, 0.3) is 0 Å². The van der Waals surface area contributed by atoms with Crippen molar-refractivity contribution in [3.05, 3.63) is 23.8 Å². The van der Waals surface area contributed by atoms with Gasteiger partial charge in [-0.3, -0.25) is 9.59 Å². The van der Waals surface area contributed by atoms with Crippen molar-refractivity contribution in [2.45, 2.75) is 88.9 Å². The molecule has 5 aliphatic rings. The number of hydrogen-bond acceptors (Lipinski definition) is 7. The van der Waals surface area contributed by atoms with Crippen LogP contribution in [0.2, 0.25) is 0 Å². The fraction of sp³-hybridized carbons (Fsp3) is 0.760. The van der Waals surface area contributed by atoms with Gasteiger partial charge >= 0.3 is 0 Å². The predicted octanol–water partition coefficient (Wildman–Crippen LogP) is 2.39. The first-order valence-corrected chi connectivity index (χ1v) is 11.5. The van der Waals surface area contributed by atoms with Crippen LogP contribution in [0.3, 0.4) is 0 Å². The Morgan fingerprint density at radius 1 is 1.33 bits per heavy atom. The second-order valence-corrected chi connectivity index (χ2v) is 11.2. The second kappa shape index (κ2) is 6.82. The van der Waals surface area contributed by atoms with Crippen LogP contribution in [0.5, 0.6) is 0 Å². The van der Waals surface area contributed by atoms with E-state index < -0.39 is 71.0 Å². The van der Waals surface area contributed by atoms with E-state index in [4.69, 9.17) is 13.6 Å². The maximum atomic E-state index is 17.3. The Kier molecular flexibility index (Phi) is 4.09. The molecule has 182 valence electrons. The van der Waals surface area contributed by atoms with Crippen LogP contribution in [0.25, 0.3) is 0 Å². The minimum atomic E-state index is -3.04. The highest BCUT2D eigenvalue weighted by Crippen LogP contribution is 2.72. The molecule has 1 aliphatic heterocycles. The first kappa shape index (κ1) is 19.8. The van der Waals surface area contributed by atoms with Gasteiger partial charge in [0.15, 0.2) is 22.8 Å². The number of allylic oxidation sites excluding steroid dienone is 4. The maximum Gasteiger partial charge on any atom is 0.223 e. The number of alkyl halides is 1. The zero-order valence-electron chi connectivity index (χ0n) is 22.3. The number of Topliss-reactive ketones (excluding diaryl/α,β-unsaturated/α-hetero) is 1. The molecule has 1 saturated heterocycles. The second-order valence-electron chi connectivity index (χ2n) is 11.2. The Morgan fingerprint density at radius 3 is 2.76 bits per heavy atom. The molecule has 0 bridgehead atoms. The van der Waals surface area contributed by atoms with Crippen molar-refractivity contribution in [1.82, 2.24) is 0 Å². The quantitative estimate of drug-likeness (QED) is 0.615. The average molecular weight is 468 g/mol. The van der Waals surface area contributed by atoms with E-state index in [2.05, 4.69) is 4.74 Å². The van der Waals surface area contributed by atoms with Crippen molar-refractivity contribution >= 4 is 11.6 Å². The normalized spacial score (nSPS) is 52.4. The molecule has 7 nitrogen and oxygen atoms in total. The summed E-state index contributed by atoms with van der Waals surface area (Å²) in [7, 11) is -3.04. The van der Waals surface area contributed by atoms with Crippen molar-refractivity contribution in [2.75, 3.05) is 7.04 Å². The van der Waals surface area contributed by atoms with Gasteiger partial charge in [0.1, 0.15) is 0 Å². The van der Waals surface area contributed by atoms with Crippen LogP contribution in [0.4, 0.5) is 4.39 Å². The number of ether oxygens (including phenoxy) is 3. The summed E-state index contributed by atoms with van der Waals surface area (Å²) in [6, 6.07) is 0. The lowest BCUT2D eigenvalue weighted by molar-refractivity contribution is -0.251. The zero-order valence-corrected chi connectivity index (χ0v) is 19.3. The molecule has 0 aromatic rings. The highest BCUT2D eigenvalue weighted by atomic mass is 19.1. The third kappa shape index (κ3) is 2.62. The third-order valence-corrected chi connectivity index (χ3v) is 9.34. The van der Waals surface area contributed by atoms with E-state index in [0.717, 1.165) is 0 Å². The summed E-state index contributed by atoms with van der Waals surface area (Å²) in [6.45, 7) is 6.63. The number of halogens is 1. The maximum absolute atomic E-state index is 17.3. The Morgan fingerprint density at radius 2 is 2.06 bits per heavy atom. The van der Waals surface area contributed by atoms with Gasteiger partial charge in [-0.05, 0) is 64.5 Å². The molecule has 0 spiro atoms. The number of carbonyl (C=O) groups excluding carboxylic acids is 2. The monoisotopic (exact) mass is 467 g/mol. The molecule has 8 heteroatoms. The lowest BCUT2D eigenvalue weighted by Gasteiger charge is -2.62. The van der Waals surface area contributed by atoms with Gasteiger partial charge < -0.3 is 24.4 Å². The van der Waals surface area contributed by atoms with Crippen LogP contribution in [0.1, 0.15) is 57.5 Å². The summed E-state index contributed by atoms with van der Waals surface area (Å²) >= 11 is 0. The lowest BCUT2D eigenvalue weighted by atomic mass is 9.44. The number of aliphatic hydroxyl groups is 2. The van der Waals surface area contributed by atoms with Crippen molar-refractivity contribution in [3.63, 3.8) is 0 Å². The summed E-state index contributed by atoms with van der Waals surface area (Å²) in [4.78, 5) is 25.8. The standard InChI is InChI=1S/C25H33FO7/c1-21(2)32-18-11-16-15-7-6-13-10-14(27)8-9-22(13,3)24(15,26)17(28)12-23(16,4)25(18,33-21)19(29)20(30)31-5/h8-10,15-18,20,28,30H,6-7,11-12H2,1-5H3/t15-,16-,17-,18+,20?,22-,23-,24-,25-/m0/s1/i5D3. The minimum Gasteiger partial charge on any atom is -0.390 e. The van der Waals surface area contributed by atoms with Gasteiger partial charge in [-0.2, -0.15) is 0 Å². The molecule has 0 amide bonds. The predicted molar refractivity (Wildman–Crippen MR) is 115 cm³/mol. The van der Waals surface area contributed by atoms with Crippen molar-refractivity contribution < 1.29 is 42.5 Å². The average Bonchev–Trinajstić information content (AvgIpc) is 3.14. The van der Waals surface area contributed by atoms with Gasteiger partial charge in [0, 0.05) is 23.8 Å². The highest BCUT2D eigenvalue weighted by Gasteiger charge is 2.80. The molecule has 0 radical (unpaired) electrons. The van der Waals surface area contributed by atoms with Crippen LogP contribution in [0.15, 0.2) is 23.8 Å². The number of methoxy groups -OCH3 is 1. The lowest BCUT2D eigenvalue weighted by Crippen LogP contribution is -2.70. The van der Waals surface area contributed by atoms with Crippen LogP contribution >= 0.6 is 0 Å². The van der Waals surface area contributed by atoms with Crippen LogP contribution in [0, 0.1) is 22.7 Å². The van der Waals surface area contributed by atoms with Crippen LogP contribution < -0.4 is 0 Å². The van der Waals surface area contributed by atoms with Crippen molar-refractivity contribution in [1.29, 1.82) is 0 Å². The number of aliphatic hydroxyl groups excluding tert-OH is 2. The van der Waals surface area contributed by atoms with E-state index >= 15 is 4.39 Å². The van der Waals surface area contributed by atoms with E-state index in [9.17, 15) is 19.8 Å². The largest absolute Gasteiger partial charge is 0.390 e. The fourth-order valence-electron chi connectivity index (χ4n) is 7.98. The Bertz CT molecular complexity index is 1070. The highest BCUT2D eigenvalue weighted by molar-refractivity contribution is 6.01. The Labute approximate surface area is 197 Å². The minimum absolute atomic E-state index is 0.197. The van der Waals surface area contributed by atoms with E-state index in [1.165, 1.54) is 12.2 Å². The van der Waals surface area contributed by atoms with E-state index in [0.29, 0.717) is 18.4 Å². The molecule has 3 saturated carbocycles. The summed E-state index contributed by atoms with van der Waals surface area (Å²) in [5.41, 5.74) is -5.75. The topological polar surface area (TPSA) is 102 Å². The number of rotatable bonds is 3. The zero-order chi connectivity index (χ0) is 26.7. The molecule has 4 fully saturated rings. The first-order chi connectivity index (χ1) is 16.4. The van der Waals surface area contributed by atoms with Crippen LogP contribution in [-0.4, -0.2) is 64.4 Å². The van der Waals surface area contributed by atoms with Gasteiger partial charge in [0.05, 0.1) is 16.3 Å². The smallest absolute Gasteiger partial charge is 0.223 e. The molecule has 0 aromatic heterocycles.